The first-order valence-corrected chi connectivity index (χ1v) is 6.42. The Labute approximate surface area is 108 Å². The average molecular weight is 248 g/mol. The zero-order chi connectivity index (χ0) is 12.8. The van der Waals surface area contributed by atoms with Crippen molar-refractivity contribution >= 4 is 5.71 Å². The lowest BCUT2D eigenvalue weighted by Crippen LogP contribution is -2.18. The molecule has 0 bridgehead atoms. The highest BCUT2D eigenvalue weighted by molar-refractivity contribution is 6.03. The average Bonchev–Trinajstić information content (AvgIpc) is 2.40. The number of rotatable bonds is 5. The van der Waals surface area contributed by atoms with E-state index in [2.05, 4.69) is 29.5 Å². The Morgan fingerprint density at radius 3 is 3.11 bits per heavy atom. The van der Waals surface area contributed by atoms with Crippen molar-refractivity contribution in [3.63, 3.8) is 0 Å². The summed E-state index contributed by atoms with van der Waals surface area (Å²) >= 11 is 0. The maximum atomic E-state index is 5.62. The number of oxime groups is 1. The van der Waals surface area contributed by atoms with E-state index in [1.807, 2.05) is 6.07 Å². The van der Waals surface area contributed by atoms with Crippen LogP contribution in [0.2, 0.25) is 0 Å². The fourth-order valence-electron chi connectivity index (χ4n) is 2.05. The zero-order valence-corrected chi connectivity index (χ0v) is 11.0. The molecule has 98 valence electrons. The Hall–Kier alpha value is -1.55. The van der Waals surface area contributed by atoms with Gasteiger partial charge in [-0.05, 0) is 30.7 Å². The van der Waals surface area contributed by atoms with Gasteiger partial charge in [-0.15, -0.1) is 0 Å². The molecule has 0 aromatic heterocycles. The molecular weight excluding hydrogens is 228 g/mol. The molecule has 0 unspecified atom stereocenters. The second kappa shape index (κ2) is 6.40. The molecule has 1 aliphatic rings. The molecular formula is C14H20N2O2. The van der Waals surface area contributed by atoms with E-state index in [9.17, 15) is 0 Å². The molecule has 2 rings (SSSR count). The summed E-state index contributed by atoms with van der Waals surface area (Å²) in [4.78, 5) is 4.89. The van der Waals surface area contributed by atoms with E-state index in [-0.39, 0.29) is 0 Å². The van der Waals surface area contributed by atoms with E-state index in [4.69, 9.17) is 9.57 Å². The number of nitrogens with one attached hydrogen (secondary N) is 1. The number of hydrogen-bond donors (Lipinski definition) is 1. The minimum absolute atomic E-state index is 0.669. The van der Waals surface area contributed by atoms with Gasteiger partial charge in [0.15, 0.2) is 0 Å². The summed E-state index contributed by atoms with van der Waals surface area (Å²) in [6, 6.07) is 6.24. The third-order valence-electron chi connectivity index (χ3n) is 2.91. The Kier molecular flexibility index (Phi) is 4.59. The van der Waals surface area contributed by atoms with Gasteiger partial charge in [-0.2, -0.15) is 0 Å². The summed E-state index contributed by atoms with van der Waals surface area (Å²) in [7, 11) is 1.58. The Morgan fingerprint density at radius 1 is 1.44 bits per heavy atom. The SMILES string of the molecule is CCCNCc1ccc2c(c1)/C(=N/OC)CCO2. The van der Waals surface area contributed by atoms with Gasteiger partial charge in [0.05, 0.1) is 12.3 Å². The number of benzene rings is 1. The highest BCUT2D eigenvalue weighted by Gasteiger charge is 2.17. The molecule has 0 saturated carbocycles. The monoisotopic (exact) mass is 248 g/mol. The predicted octanol–water partition coefficient (Wildman–Crippen LogP) is 2.32. The highest BCUT2D eigenvalue weighted by atomic mass is 16.6. The minimum atomic E-state index is 0.669. The number of nitrogens with zero attached hydrogens (tertiary/aromatic N) is 1. The first kappa shape index (κ1) is 12.9. The van der Waals surface area contributed by atoms with Crippen LogP contribution >= 0.6 is 0 Å². The van der Waals surface area contributed by atoms with E-state index in [1.54, 1.807) is 7.11 Å². The fourth-order valence-corrected chi connectivity index (χ4v) is 2.05. The van der Waals surface area contributed by atoms with Crippen molar-refractivity contribution < 1.29 is 9.57 Å². The van der Waals surface area contributed by atoms with Crippen molar-refractivity contribution in [2.75, 3.05) is 20.3 Å². The van der Waals surface area contributed by atoms with Crippen LogP contribution in [-0.4, -0.2) is 26.0 Å². The molecule has 1 heterocycles. The van der Waals surface area contributed by atoms with Crippen molar-refractivity contribution in [3.8, 4) is 5.75 Å². The molecule has 0 fully saturated rings. The summed E-state index contributed by atoms with van der Waals surface area (Å²) < 4.78 is 5.62. The lowest BCUT2D eigenvalue weighted by atomic mass is 10.0. The second-order valence-corrected chi connectivity index (χ2v) is 4.33. The molecule has 0 aliphatic carbocycles. The molecule has 0 atom stereocenters. The summed E-state index contributed by atoms with van der Waals surface area (Å²) in [6.45, 7) is 4.74. The normalized spacial score (nSPS) is 16.2. The van der Waals surface area contributed by atoms with Crippen LogP contribution in [0.25, 0.3) is 0 Å². The van der Waals surface area contributed by atoms with Crippen LogP contribution in [0.15, 0.2) is 23.4 Å². The van der Waals surface area contributed by atoms with Gasteiger partial charge >= 0.3 is 0 Å². The molecule has 1 aromatic rings. The zero-order valence-electron chi connectivity index (χ0n) is 11.0. The van der Waals surface area contributed by atoms with Crippen LogP contribution in [0.1, 0.15) is 30.9 Å². The number of ether oxygens (including phenoxy) is 1. The largest absolute Gasteiger partial charge is 0.492 e. The van der Waals surface area contributed by atoms with Gasteiger partial charge in [0, 0.05) is 18.5 Å². The molecule has 18 heavy (non-hydrogen) atoms. The molecule has 0 spiro atoms. The van der Waals surface area contributed by atoms with Crippen LogP contribution in [-0.2, 0) is 11.4 Å². The van der Waals surface area contributed by atoms with E-state index in [0.717, 1.165) is 43.0 Å². The van der Waals surface area contributed by atoms with Gasteiger partial charge in [-0.3, -0.25) is 0 Å². The van der Waals surface area contributed by atoms with E-state index in [0.29, 0.717) is 6.61 Å². The summed E-state index contributed by atoms with van der Waals surface area (Å²) in [6.07, 6.45) is 1.94. The number of hydrogen-bond acceptors (Lipinski definition) is 4. The fraction of sp³-hybridized carbons (Fsp3) is 0.500. The van der Waals surface area contributed by atoms with Crippen molar-refractivity contribution in [3.05, 3.63) is 29.3 Å². The molecule has 0 saturated heterocycles. The van der Waals surface area contributed by atoms with Gasteiger partial charge in [0.25, 0.3) is 0 Å². The van der Waals surface area contributed by atoms with E-state index < -0.39 is 0 Å². The molecule has 4 heteroatoms. The summed E-state index contributed by atoms with van der Waals surface area (Å²) in [5, 5.41) is 7.47. The Bertz CT molecular complexity index is 430. The molecule has 0 radical (unpaired) electrons. The maximum Gasteiger partial charge on any atom is 0.128 e. The Balaban J connectivity index is 2.17. The second-order valence-electron chi connectivity index (χ2n) is 4.33. The third kappa shape index (κ3) is 3.01. The smallest absolute Gasteiger partial charge is 0.128 e. The topological polar surface area (TPSA) is 42.9 Å². The van der Waals surface area contributed by atoms with Crippen molar-refractivity contribution in [2.24, 2.45) is 5.16 Å². The van der Waals surface area contributed by atoms with Crippen LogP contribution < -0.4 is 10.1 Å². The van der Waals surface area contributed by atoms with Gasteiger partial charge in [-0.25, -0.2) is 0 Å². The predicted molar refractivity (Wildman–Crippen MR) is 72.1 cm³/mol. The maximum absolute atomic E-state index is 5.62. The van der Waals surface area contributed by atoms with Crippen molar-refractivity contribution in [1.29, 1.82) is 0 Å². The van der Waals surface area contributed by atoms with Crippen LogP contribution in [0, 0.1) is 0 Å². The van der Waals surface area contributed by atoms with Crippen LogP contribution in [0.5, 0.6) is 5.75 Å². The number of fused-ring (bicyclic) bond motifs is 1. The minimum Gasteiger partial charge on any atom is -0.492 e. The summed E-state index contributed by atoms with van der Waals surface area (Å²) in [5.74, 6) is 0.899. The van der Waals surface area contributed by atoms with E-state index in [1.165, 1.54) is 5.56 Å². The molecule has 0 amide bonds. The van der Waals surface area contributed by atoms with Gasteiger partial charge < -0.3 is 14.9 Å². The molecule has 1 N–H and O–H groups in total. The molecule has 1 aliphatic heterocycles. The van der Waals surface area contributed by atoms with Crippen LogP contribution in [0.4, 0.5) is 0 Å². The quantitative estimate of drug-likeness (QED) is 0.642. The standard InChI is InChI=1S/C14H20N2O2/c1-3-7-15-10-11-4-5-14-12(9-11)13(16-17-2)6-8-18-14/h4-5,9,15H,3,6-8,10H2,1-2H3/b16-13+. The third-order valence-corrected chi connectivity index (χ3v) is 2.91. The van der Waals surface area contributed by atoms with Gasteiger partial charge in [0.1, 0.15) is 12.9 Å². The van der Waals surface area contributed by atoms with Gasteiger partial charge in [0.2, 0.25) is 0 Å². The van der Waals surface area contributed by atoms with Crippen LogP contribution in [0.3, 0.4) is 0 Å². The van der Waals surface area contributed by atoms with Crippen molar-refractivity contribution in [2.45, 2.75) is 26.3 Å². The highest BCUT2D eigenvalue weighted by Crippen LogP contribution is 2.26. The van der Waals surface area contributed by atoms with Gasteiger partial charge in [-0.1, -0.05) is 18.1 Å². The lowest BCUT2D eigenvalue weighted by Gasteiger charge is -2.19. The summed E-state index contributed by atoms with van der Waals surface area (Å²) in [5.41, 5.74) is 3.27. The van der Waals surface area contributed by atoms with E-state index >= 15 is 0 Å². The first-order chi connectivity index (χ1) is 8.85. The van der Waals surface area contributed by atoms with Crippen molar-refractivity contribution in [1.82, 2.24) is 5.32 Å². The first-order valence-electron chi connectivity index (χ1n) is 6.42. The molecule has 1 aromatic carbocycles. The lowest BCUT2D eigenvalue weighted by molar-refractivity contribution is 0.210. The molecule has 4 nitrogen and oxygen atoms in total. The Morgan fingerprint density at radius 2 is 2.33 bits per heavy atom.